The molecule has 1 aromatic heterocycles. The van der Waals surface area contributed by atoms with Gasteiger partial charge in [-0.3, -0.25) is 4.79 Å². The van der Waals surface area contributed by atoms with Crippen LogP contribution in [0.4, 0.5) is 5.69 Å². The van der Waals surface area contributed by atoms with Crippen LogP contribution in [-0.2, 0) is 4.79 Å². The van der Waals surface area contributed by atoms with E-state index in [0.29, 0.717) is 38.6 Å². The summed E-state index contributed by atoms with van der Waals surface area (Å²) in [5.41, 5.74) is 3.40. The summed E-state index contributed by atoms with van der Waals surface area (Å²) in [5, 5.41) is 12.5. The molecular formula is C25H19BrN4O3. The van der Waals surface area contributed by atoms with E-state index in [-0.39, 0.29) is 12.5 Å². The van der Waals surface area contributed by atoms with E-state index in [1.54, 1.807) is 30.3 Å². The second kappa shape index (κ2) is 10.0. The monoisotopic (exact) mass is 502 g/mol. The number of hydrogen-bond acceptors (Lipinski definition) is 5. The highest BCUT2D eigenvalue weighted by Gasteiger charge is 2.15. The summed E-state index contributed by atoms with van der Waals surface area (Å²) < 4.78 is 11.8. The minimum atomic E-state index is -0.296. The molecule has 0 saturated carbocycles. The molecule has 0 aliphatic heterocycles. The third-order valence-electron chi connectivity index (χ3n) is 4.73. The molecule has 3 aromatic carbocycles. The Kier molecular flexibility index (Phi) is 6.72. The van der Waals surface area contributed by atoms with Gasteiger partial charge in [-0.15, -0.1) is 0 Å². The number of aromatic nitrogens is 2. The first-order valence-corrected chi connectivity index (χ1v) is 10.8. The number of para-hydroxylation sites is 3. The Hall–Kier alpha value is -4.09. The molecule has 0 aliphatic rings. The number of amides is 1. The molecule has 4 aromatic rings. The number of nitrogens with zero attached hydrogens (tertiary/aromatic N) is 2. The number of aromatic amines is 1. The lowest BCUT2D eigenvalue weighted by molar-refractivity contribution is -0.118. The molecule has 1 amide bonds. The van der Waals surface area contributed by atoms with Crippen LogP contribution in [0.25, 0.3) is 22.7 Å². The van der Waals surface area contributed by atoms with Crippen molar-refractivity contribution in [3.8, 4) is 17.6 Å². The average molecular weight is 503 g/mol. The molecule has 0 fully saturated rings. The number of fused-ring (bicyclic) bond motifs is 1. The molecule has 0 atom stereocenters. The summed E-state index contributed by atoms with van der Waals surface area (Å²) >= 11 is 3.48. The van der Waals surface area contributed by atoms with Crippen LogP contribution in [0.3, 0.4) is 0 Å². The number of halogens is 1. The number of allylic oxidation sites excluding steroid dienone is 1. The zero-order valence-electron chi connectivity index (χ0n) is 17.6. The predicted octanol–water partition coefficient (Wildman–Crippen LogP) is 5.42. The van der Waals surface area contributed by atoms with Crippen molar-refractivity contribution in [2.45, 2.75) is 0 Å². The number of H-pyrrole nitrogens is 1. The molecule has 8 heteroatoms. The number of imidazole rings is 1. The van der Waals surface area contributed by atoms with Gasteiger partial charge in [0, 0.05) is 5.69 Å². The average Bonchev–Trinajstić information content (AvgIpc) is 3.26. The van der Waals surface area contributed by atoms with Gasteiger partial charge in [-0.05, 0) is 64.0 Å². The van der Waals surface area contributed by atoms with Crippen molar-refractivity contribution in [2.24, 2.45) is 0 Å². The summed E-state index contributed by atoms with van der Waals surface area (Å²) in [6.45, 7) is -0.193. The molecule has 7 nitrogen and oxygen atoms in total. The van der Waals surface area contributed by atoms with Crippen molar-refractivity contribution < 1.29 is 14.3 Å². The van der Waals surface area contributed by atoms with Crippen molar-refractivity contribution in [2.75, 3.05) is 19.0 Å². The number of hydrogen-bond donors (Lipinski definition) is 2. The van der Waals surface area contributed by atoms with Gasteiger partial charge in [0.15, 0.2) is 18.1 Å². The molecule has 0 bridgehead atoms. The highest BCUT2D eigenvalue weighted by Crippen LogP contribution is 2.37. The van der Waals surface area contributed by atoms with Gasteiger partial charge >= 0.3 is 0 Å². The molecular weight excluding hydrogens is 484 g/mol. The fourth-order valence-corrected chi connectivity index (χ4v) is 3.79. The summed E-state index contributed by atoms with van der Waals surface area (Å²) in [6, 6.07) is 22.4. The predicted molar refractivity (Wildman–Crippen MR) is 131 cm³/mol. The van der Waals surface area contributed by atoms with E-state index in [0.717, 1.165) is 11.0 Å². The van der Waals surface area contributed by atoms with E-state index in [9.17, 15) is 10.1 Å². The maximum absolute atomic E-state index is 12.2. The first kappa shape index (κ1) is 22.1. The zero-order chi connectivity index (χ0) is 23.2. The minimum absolute atomic E-state index is 0.193. The van der Waals surface area contributed by atoms with Crippen LogP contribution >= 0.6 is 15.9 Å². The summed E-state index contributed by atoms with van der Waals surface area (Å²) in [5.74, 6) is 0.993. The molecule has 4 rings (SSSR count). The fourth-order valence-electron chi connectivity index (χ4n) is 3.22. The van der Waals surface area contributed by atoms with Crippen molar-refractivity contribution in [1.29, 1.82) is 5.26 Å². The van der Waals surface area contributed by atoms with Gasteiger partial charge < -0.3 is 19.8 Å². The number of rotatable bonds is 7. The molecule has 1 heterocycles. The third-order valence-corrected chi connectivity index (χ3v) is 5.32. The second-order valence-corrected chi connectivity index (χ2v) is 7.86. The number of nitrogens with one attached hydrogen (secondary N) is 2. The summed E-state index contributed by atoms with van der Waals surface area (Å²) in [4.78, 5) is 19.9. The number of anilines is 1. The van der Waals surface area contributed by atoms with Crippen LogP contribution < -0.4 is 14.8 Å². The number of nitriles is 1. The zero-order valence-corrected chi connectivity index (χ0v) is 19.2. The van der Waals surface area contributed by atoms with Gasteiger partial charge in [-0.25, -0.2) is 4.98 Å². The molecule has 33 heavy (non-hydrogen) atoms. The molecule has 0 unspecified atom stereocenters. The van der Waals surface area contributed by atoms with Gasteiger partial charge in [0.1, 0.15) is 11.9 Å². The first-order chi connectivity index (χ1) is 16.1. The van der Waals surface area contributed by atoms with E-state index in [2.05, 4.69) is 37.3 Å². The number of carbonyl (C=O) groups excluding carboxylic acids is 1. The maximum Gasteiger partial charge on any atom is 0.262 e. The minimum Gasteiger partial charge on any atom is -0.493 e. The van der Waals surface area contributed by atoms with E-state index < -0.39 is 0 Å². The SMILES string of the molecule is COc1cc(/C=C(\C#N)c2nc3ccccc3[nH]2)cc(Br)c1OCC(=O)Nc1ccccc1. The lowest BCUT2D eigenvalue weighted by atomic mass is 10.1. The van der Waals surface area contributed by atoms with Crippen LogP contribution in [-0.4, -0.2) is 29.6 Å². The first-order valence-electron chi connectivity index (χ1n) is 9.99. The Morgan fingerprint density at radius 3 is 2.67 bits per heavy atom. The quantitative estimate of drug-likeness (QED) is 0.329. The van der Waals surface area contributed by atoms with Crippen LogP contribution in [0.1, 0.15) is 11.4 Å². The Labute approximate surface area is 198 Å². The Morgan fingerprint density at radius 1 is 1.18 bits per heavy atom. The summed E-state index contributed by atoms with van der Waals surface area (Å²) in [6.07, 6.45) is 1.71. The van der Waals surface area contributed by atoms with Crippen LogP contribution in [0, 0.1) is 11.3 Å². The van der Waals surface area contributed by atoms with Gasteiger partial charge in [0.05, 0.1) is 28.2 Å². The number of carbonyl (C=O) groups is 1. The topological polar surface area (TPSA) is 100 Å². The van der Waals surface area contributed by atoms with Gasteiger partial charge in [0.2, 0.25) is 0 Å². The summed E-state index contributed by atoms with van der Waals surface area (Å²) in [7, 11) is 1.51. The molecule has 2 N–H and O–H groups in total. The largest absolute Gasteiger partial charge is 0.493 e. The van der Waals surface area contributed by atoms with Crippen molar-refractivity contribution in [3.63, 3.8) is 0 Å². The molecule has 164 valence electrons. The number of ether oxygens (including phenoxy) is 2. The van der Waals surface area contributed by atoms with E-state index in [1.807, 2.05) is 42.5 Å². The lowest BCUT2D eigenvalue weighted by Gasteiger charge is -2.13. The Morgan fingerprint density at radius 2 is 1.94 bits per heavy atom. The van der Waals surface area contributed by atoms with E-state index in [1.165, 1.54) is 7.11 Å². The molecule has 0 radical (unpaired) electrons. The van der Waals surface area contributed by atoms with Crippen LogP contribution in [0.15, 0.2) is 71.2 Å². The number of methoxy groups -OCH3 is 1. The highest BCUT2D eigenvalue weighted by atomic mass is 79.9. The van der Waals surface area contributed by atoms with Crippen molar-refractivity contribution in [1.82, 2.24) is 9.97 Å². The van der Waals surface area contributed by atoms with Gasteiger partial charge in [0.25, 0.3) is 5.91 Å². The molecule has 0 saturated heterocycles. The lowest BCUT2D eigenvalue weighted by Crippen LogP contribution is -2.20. The normalized spacial score (nSPS) is 11.1. The van der Waals surface area contributed by atoms with Crippen LogP contribution in [0.5, 0.6) is 11.5 Å². The smallest absolute Gasteiger partial charge is 0.262 e. The van der Waals surface area contributed by atoms with E-state index >= 15 is 0 Å². The van der Waals surface area contributed by atoms with Gasteiger partial charge in [-0.1, -0.05) is 30.3 Å². The van der Waals surface area contributed by atoms with E-state index in [4.69, 9.17) is 9.47 Å². The Bertz CT molecular complexity index is 1340. The fraction of sp³-hybridized carbons (Fsp3) is 0.0800. The second-order valence-electron chi connectivity index (χ2n) is 7.01. The Balaban J connectivity index is 1.55. The molecule has 0 aliphatic carbocycles. The van der Waals surface area contributed by atoms with Crippen molar-refractivity contribution >= 4 is 50.2 Å². The third kappa shape index (κ3) is 5.22. The van der Waals surface area contributed by atoms with Crippen LogP contribution in [0.2, 0.25) is 0 Å². The highest BCUT2D eigenvalue weighted by molar-refractivity contribution is 9.10. The molecule has 0 spiro atoms. The van der Waals surface area contributed by atoms with Gasteiger partial charge in [-0.2, -0.15) is 5.26 Å². The van der Waals surface area contributed by atoms with Crippen molar-refractivity contribution in [3.05, 3.63) is 82.6 Å². The maximum atomic E-state index is 12.2. The number of benzene rings is 3. The standard InChI is InChI=1S/C25H19BrN4O3/c1-32-22-13-16(11-17(14-27)25-29-20-9-5-6-10-21(20)30-25)12-19(26)24(22)33-15-23(31)28-18-7-3-2-4-8-18/h2-13H,15H2,1H3,(H,28,31)(H,29,30)/b17-11+.